The van der Waals surface area contributed by atoms with Crippen molar-refractivity contribution in [3.63, 3.8) is 0 Å². The van der Waals surface area contributed by atoms with Gasteiger partial charge in [0, 0.05) is 5.56 Å². The molecule has 0 radical (unpaired) electrons. The van der Waals surface area contributed by atoms with Crippen molar-refractivity contribution in [2.75, 3.05) is 0 Å². The number of hydrogen-bond acceptors (Lipinski definition) is 3. The maximum Gasteiger partial charge on any atom is 0.119 e. The minimum absolute atomic E-state index is 0.0323. The summed E-state index contributed by atoms with van der Waals surface area (Å²) in [5, 5.41) is 8.96. The van der Waals surface area contributed by atoms with Gasteiger partial charge in [0.15, 0.2) is 0 Å². The predicted molar refractivity (Wildman–Crippen MR) is 79.0 cm³/mol. The van der Waals surface area contributed by atoms with Gasteiger partial charge in [0.2, 0.25) is 0 Å². The van der Waals surface area contributed by atoms with Crippen LogP contribution >= 0.6 is 12.2 Å². The number of thiocarbonyl (C=S) groups is 1. The van der Waals surface area contributed by atoms with Crippen molar-refractivity contribution in [1.29, 1.82) is 0 Å². The lowest BCUT2D eigenvalue weighted by atomic mass is 10.1. The third kappa shape index (κ3) is 3.53. The number of aliphatic hydroxyl groups excluding tert-OH is 1. The van der Waals surface area contributed by atoms with Crippen molar-refractivity contribution in [2.45, 2.75) is 13.2 Å². The van der Waals surface area contributed by atoms with E-state index in [0.717, 1.165) is 22.4 Å². The molecule has 98 valence electrons. The van der Waals surface area contributed by atoms with Crippen molar-refractivity contribution in [1.82, 2.24) is 0 Å². The highest BCUT2D eigenvalue weighted by Gasteiger charge is 2.05. The quantitative estimate of drug-likeness (QED) is 0.821. The first-order valence-corrected chi connectivity index (χ1v) is 6.32. The monoisotopic (exact) mass is 273 g/mol. The molecule has 0 heterocycles. The molecule has 0 saturated heterocycles. The molecule has 0 saturated carbocycles. The first-order chi connectivity index (χ1) is 9.20. The molecule has 0 bridgehead atoms. The summed E-state index contributed by atoms with van der Waals surface area (Å²) in [4.78, 5) is 0.370. The van der Waals surface area contributed by atoms with E-state index in [4.69, 9.17) is 27.8 Å². The van der Waals surface area contributed by atoms with E-state index in [2.05, 4.69) is 0 Å². The molecule has 3 N–H and O–H groups in total. The molecule has 0 aromatic heterocycles. The normalized spacial score (nSPS) is 10.2. The van der Waals surface area contributed by atoms with Gasteiger partial charge < -0.3 is 15.6 Å². The molecule has 0 spiro atoms. The van der Waals surface area contributed by atoms with Crippen molar-refractivity contribution < 1.29 is 9.84 Å². The molecular formula is C15H15NO2S. The van der Waals surface area contributed by atoms with Gasteiger partial charge in [0.25, 0.3) is 0 Å². The molecule has 3 nitrogen and oxygen atoms in total. The Labute approximate surface area is 117 Å². The second-order valence-corrected chi connectivity index (χ2v) is 4.55. The summed E-state index contributed by atoms with van der Waals surface area (Å²) < 4.78 is 5.69. The van der Waals surface area contributed by atoms with Crippen molar-refractivity contribution in [3.8, 4) is 5.75 Å². The van der Waals surface area contributed by atoms with Gasteiger partial charge in [-0.3, -0.25) is 0 Å². The van der Waals surface area contributed by atoms with Gasteiger partial charge in [0.1, 0.15) is 17.3 Å². The lowest BCUT2D eigenvalue weighted by Gasteiger charge is -2.10. The molecule has 0 aliphatic rings. The van der Waals surface area contributed by atoms with Gasteiger partial charge in [-0.2, -0.15) is 0 Å². The predicted octanol–water partition coefficient (Wildman–Crippen LogP) is 2.39. The van der Waals surface area contributed by atoms with E-state index in [1.807, 2.05) is 48.5 Å². The Bertz CT molecular complexity index is 567. The fraction of sp³-hybridized carbons (Fsp3) is 0.133. The van der Waals surface area contributed by atoms with Crippen LogP contribution in [0.5, 0.6) is 5.75 Å². The molecule has 0 atom stereocenters. The van der Waals surface area contributed by atoms with E-state index >= 15 is 0 Å². The molecule has 0 unspecified atom stereocenters. The van der Waals surface area contributed by atoms with Gasteiger partial charge in [-0.25, -0.2) is 0 Å². The van der Waals surface area contributed by atoms with Gasteiger partial charge in [-0.05, 0) is 23.3 Å². The molecule has 0 amide bonds. The van der Waals surface area contributed by atoms with Crippen LogP contribution in [0.1, 0.15) is 16.7 Å². The first kappa shape index (κ1) is 13.5. The van der Waals surface area contributed by atoms with E-state index in [1.165, 1.54) is 0 Å². The molecule has 2 aromatic carbocycles. The summed E-state index contributed by atoms with van der Waals surface area (Å²) in [6.07, 6.45) is 0. The van der Waals surface area contributed by atoms with E-state index < -0.39 is 0 Å². The number of nitrogens with two attached hydrogens (primary N) is 1. The Morgan fingerprint density at radius 2 is 1.79 bits per heavy atom. The highest BCUT2D eigenvalue weighted by atomic mass is 32.1. The van der Waals surface area contributed by atoms with Crippen molar-refractivity contribution in [2.24, 2.45) is 5.73 Å². The Morgan fingerprint density at radius 1 is 1.11 bits per heavy atom. The third-order valence-electron chi connectivity index (χ3n) is 2.78. The van der Waals surface area contributed by atoms with Crippen LogP contribution in [0.25, 0.3) is 0 Å². The number of benzene rings is 2. The molecule has 2 aromatic rings. The summed E-state index contributed by atoms with van der Waals surface area (Å²) in [5.74, 6) is 0.745. The maximum atomic E-state index is 8.96. The minimum atomic E-state index is 0.0323. The molecule has 19 heavy (non-hydrogen) atoms. The van der Waals surface area contributed by atoms with E-state index in [-0.39, 0.29) is 6.61 Å². The number of ether oxygens (including phenoxy) is 1. The fourth-order valence-corrected chi connectivity index (χ4v) is 1.94. The Balaban J connectivity index is 2.07. The van der Waals surface area contributed by atoms with Crippen LogP contribution in [0.4, 0.5) is 0 Å². The van der Waals surface area contributed by atoms with Crippen LogP contribution in [0.15, 0.2) is 48.5 Å². The average molecular weight is 273 g/mol. The summed E-state index contributed by atoms with van der Waals surface area (Å²) in [5.41, 5.74) is 8.32. The third-order valence-corrected chi connectivity index (χ3v) is 3.00. The fourth-order valence-electron chi connectivity index (χ4n) is 1.74. The standard InChI is InChI=1S/C15H15NO2S/c16-15(19)14-4-2-1-3-12(14)10-18-13-7-5-11(9-17)6-8-13/h1-8,17H,9-10H2,(H2,16,19). The van der Waals surface area contributed by atoms with Crippen LogP contribution in [0.3, 0.4) is 0 Å². The summed E-state index contributed by atoms with van der Waals surface area (Å²) in [6, 6.07) is 15.0. The zero-order chi connectivity index (χ0) is 13.7. The summed E-state index contributed by atoms with van der Waals surface area (Å²) >= 11 is 5.01. The molecule has 2 rings (SSSR count). The van der Waals surface area contributed by atoms with Crippen molar-refractivity contribution >= 4 is 17.2 Å². The Hall–Kier alpha value is -1.91. The maximum absolute atomic E-state index is 8.96. The Kier molecular flexibility index (Phi) is 4.49. The van der Waals surface area contributed by atoms with Crippen molar-refractivity contribution in [3.05, 3.63) is 65.2 Å². The van der Waals surface area contributed by atoms with Crippen LogP contribution in [-0.4, -0.2) is 10.1 Å². The first-order valence-electron chi connectivity index (χ1n) is 5.91. The topological polar surface area (TPSA) is 55.5 Å². The molecular weight excluding hydrogens is 258 g/mol. The van der Waals surface area contributed by atoms with Crippen LogP contribution in [0.2, 0.25) is 0 Å². The Morgan fingerprint density at radius 3 is 2.42 bits per heavy atom. The summed E-state index contributed by atoms with van der Waals surface area (Å²) in [6.45, 7) is 0.441. The lowest BCUT2D eigenvalue weighted by Crippen LogP contribution is -2.13. The number of hydrogen-bond donors (Lipinski definition) is 2. The zero-order valence-corrected chi connectivity index (χ0v) is 11.2. The van der Waals surface area contributed by atoms with Crippen LogP contribution < -0.4 is 10.5 Å². The van der Waals surface area contributed by atoms with Gasteiger partial charge in [0.05, 0.1) is 6.61 Å². The minimum Gasteiger partial charge on any atom is -0.489 e. The van der Waals surface area contributed by atoms with E-state index in [9.17, 15) is 0 Å². The molecule has 4 heteroatoms. The SMILES string of the molecule is NC(=S)c1ccccc1COc1ccc(CO)cc1. The lowest BCUT2D eigenvalue weighted by molar-refractivity contribution is 0.280. The highest BCUT2D eigenvalue weighted by Crippen LogP contribution is 2.16. The molecule has 0 aliphatic carbocycles. The van der Waals surface area contributed by atoms with Crippen LogP contribution in [-0.2, 0) is 13.2 Å². The van der Waals surface area contributed by atoms with Gasteiger partial charge in [-0.1, -0.05) is 48.6 Å². The second-order valence-electron chi connectivity index (χ2n) is 4.11. The molecule has 0 fully saturated rings. The molecule has 0 aliphatic heterocycles. The average Bonchev–Trinajstić information content (AvgIpc) is 2.46. The largest absolute Gasteiger partial charge is 0.489 e. The second kappa shape index (κ2) is 6.31. The number of rotatable bonds is 5. The van der Waals surface area contributed by atoms with Gasteiger partial charge >= 0.3 is 0 Å². The zero-order valence-electron chi connectivity index (χ0n) is 10.4. The van der Waals surface area contributed by atoms with E-state index in [0.29, 0.717) is 11.6 Å². The number of aliphatic hydroxyl groups is 1. The van der Waals surface area contributed by atoms with E-state index in [1.54, 1.807) is 0 Å². The highest BCUT2D eigenvalue weighted by molar-refractivity contribution is 7.80. The van der Waals surface area contributed by atoms with Gasteiger partial charge in [-0.15, -0.1) is 0 Å². The van der Waals surface area contributed by atoms with Crippen LogP contribution in [0, 0.1) is 0 Å². The smallest absolute Gasteiger partial charge is 0.119 e. The summed E-state index contributed by atoms with van der Waals surface area (Å²) in [7, 11) is 0.